The molecular formula is C17H13N3O2S3. The normalized spacial score (nSPS) is 11.9. The Morgan fingerprint density at radius 1 is 1.12 bits per heavy atom. The van der Waals surface area contributed by atoms with Gasteiger partial charge in [0.2, 0.25) is 14.2 Å². The van der Waals surface area contributed by atoms with Gasteiger partial charge in [0.05, 0.1) is 21.6 Å². The summed E-state index contributed by atoms with van der Waals surface area (Å²) in [5.41, 5.74) is 3.03. The Kier molecular flexibility index (Phi) is 4.10. The molecule has 0 radical (unpaired) electrons. The molecule has 0 amide bonds. The minimum absolute atomic E-state index is 0.139. The van der Waals surface area contributed by atoms with E-state index in [1.165, 1.54) is 22.7 Å². The molecule has 8 heteroatoms. The number of hydrogen-bond donors (Lipinski definition) is 0. The van der Waals surface area contributed by atoms with Gasteiger partial charge in [0, 0.05) is 11.6 Å². The number of benzene rings is 1. The average Bonchev–Trinajstić information content (AvgIpc) is 3.22. The van der Waals surface area contributed by atoms with Crippen molar-refractivity contribution in [3.8, 4) is 10.7 Å². The van der Waals surface area contributed by atoms with Crippen LogP contribution in [0.15, 0.2) is 52.3 Å². The third-order valence-electron chi connectivity index (χ3n) is 3.56. The van der Waals surface area contributed by atoms with Crippen molar-refractivity contribution in [2.24, 2.45) is 0 Å². The van der Waals surface area contributed by atoms with Crippen molar-refractivity contribution < 1.29 is 8.42 Å². The number of pyridine rings is 1. The van der Waals surface area contributed by atoms with E-state index in [0.717, 1.165) is 21.5 Å². The van der Waals surface area contributed by atoms with E-state index in [-0.39, 0.29) is 10.1 Å². The van der Waals surface area contributed by atoms with Gasteiger partial charge in [-0.2, -0.15) is 0 Å². The van der Waals surface area contributed by atoms with Crippen LogP contribution in [0.5, 0.6) is 0 Å². The van der Waals surface area contributed by atoms with Crippen molar-refractivity contribution in [3.05, 3.63) is 59.2 Å². The number of aryl methyl sites for hydroxylation is 1. The Labute approximate surface area is 153 Å². The Morgan fingerprint density at radius 2 is 2.00 bits per heavy atom. The zero-order valence-corrected chi connectivity index (χ0v) is 15.7. The summed E-state index contributed by atoms with van der Waals surface area (Å²) in [7, 11) is -3.53. The van der Waals surface area contributed by atoms with Gasteiger partial charge in [-0.3, -0.25) is 4.98 Å². The quantitative estimate of drug-likeness (QED) is 0.527. The van der Waals surface area contributed by atoms with Crippen molar-refractivity contribution >= 4 is 42.7 Å². The Balaban J connectivity index is 1.63. The lowest BCUT2D eigenvalue weighted by molar-refractivity contribution is 0.594. The number of fused-ring (bicyclic) bond motifs is 1. The highest BCUT2D eigenvalue weighted by Gasteiger charge is 2.22. The fraction of sp³-hybridized carbons (Fsp3) is 0.118. The Hall–Kier alpha value is -2.16. The van der Waals surface area contributed by atoms with E-state index >= 15 is 0 Å². The fourth-order valence-electron chi connectivity index (χ4n) is 2.39. The highest BCUT2D eigenvalue weighted by atomic mass is 32.2. The van der Waals surface area contributed by atoms with Gasteiger partial charge in [-0.05, 0) is 36.8 Å². The lowest BCUT2D eigenvalue weighted by Gasteiger charge is -1.97. The van der Waals surface area contributed by atoms with Crippen LogP contribution in [0.2, 0.25) is 0 Å². The zero-order chi connectivity index (χ0) is 17.4. The Morgan fingerprint density at radius 3 is 2.80 bits per heavy atom. The maximum atomic E-state index is 12.7. The molecule has 0 atom stereocenters. The van der Waals surface area contributed by atoms with Crippen LogP contribution in [0.25, 0.3) is 20.9 Å². The first-order chi connectivity index (χ1) is 12.0. The first kappa shape index (κ1) is 16.3. The second kappa shape index (κ2) is 6.29. The predicted molar refractivity (Wildman–Crippen MR) is 101 cm³/mol. The average molecular weight is 388 g/mol. The van der Waals surface area contributed by atoms with Crippen molar-refractivity contribution in [1.82, 2.24) is 15.0 Å². The minimum atomic E-state index is -3.53. The van der Waals surface area contributed by atoms with Gasteiger partial charge in [0.1, 0.15) is 10.8 Å². The first-order valence-electron chi connectivity index (χ1n) is 7.47. The molecule has 4 aromatic rings. The van der Waals surface area contributed by atoms with Gasteiger partial charge < -0.3 is 0 Å². The zero-order valence-electron chi connectivity index (χ0n) is 13.2. The van der Waals surface area contributed by atoms with Crippen LogP contribution < -0.4 is 0 Å². The molecule has 4 rings (SSSR count). The largest absolute Gasteiger partial charge is 0.254 e. The van der Waals surface area contributed by atoms with Gasteiger partial charge in [-0.25, -0.2) is 18.4 Å². The van der Waals surface area contributed by atoms with Crippen LogP contribution in [-0.4, -0.2) is 23.4 Å². The van der Waals surface area contributed by atoms with Crippen LogP contribution in [0.3, 0.4) is 0 Å². The molecule has 0 bridgehead atoms. The summed E-state index contributed by atoms with van der Waals surface area (Å²) in [6, 6.07) is 11.3. The van der Waals surface area contributed by atoms with E-state index in [2.05, 4.69) is 15.0 Å². The van der Waals surface area contributed by atoms with Gasteiger partial charge in [-0.1, -0.05) is 12.1 Å². The number of thiazole rings is 2. The second-order valence-electron chi connectivity index (χ2n) is 5.57. The fourth-order valence-corrected chi connectivity index (χ4v) is 5.82. The van der Waals surface area contributed by atoms with Gasteiger partial charge in [0.25, 0.3) is 0 Å². The molecule has 3 heterocycles. The van der Waals surface area contributed by atoms with Gasteiger partial charge in [0.15, 0.2) is 0 Å². The number of hydrogen-bond acceptors (Lipinski definition) is 7. The molecule has 126 valence electrons. The van der Waals surface area contributed by atoms with Crippen LogP contribution in [-0.2, 0) is 15.6 Å². The van der Waals surface area contributed by atoms with Crippen LogP contribution in [0.1, 0.15) is 11.3 Å². The molecular weight excluding hydrogens is 374 g/mol. The number of rotatable bonds is 4. The van der Waals surface area contributed by atoms with E-state index in [0.29, 0.717) is 10.7 Å². The molecule has 0 saturated heterocycles. The van der Waals surface area contributed by atoms with E-state index in [1.807, 2.05) is 43.3 Å². The molecule has 0 saturated carbocycles. The molecule has 0 N–H and O–H groups in total. The summed E-state index contributed by atoms with van der Waals surface area (Å²) in [6.45, 7) is 1.96. The summed E-state index contributed by atoms with van der Waals surface area (Å²) in [6.07, 6.45) is 1.69. The molecule has 0 unspecified atom stereocenters. The molecule has 0 aliphatic carbocycles. The monoisotopic (exact) mass is 387 g/mol. The first-order valence-corrected chi connectivity index (χ1v) is 10.8. The van der Waals surface area contributed by atoms with Gasteiger partial charge >= 0.3 is 0 Å². The highest BCUT2D eigenvalue weighted by molar-refractivity contribution is 7.92. The van der Waals surface area contributed by atoms with Gasteiger partial charge in [-0.15, -0.1) is 22.7 Å². The Bertz CT molecular complexity index is 1150. The summed E-state index contributed by atoms with van der Waals surface area (Å²) < 4.78 is 26.4. The van der Waals surface area contributed by atoms with Crippen molar-refractivity contribution in [3.63, 3.8) is 0 Å². The van der Waals surface area contributed by atoms with Crippen LogP contribution in [0.4, 0.5) is 0 Å². The SMILES string of the molecule is Cc1ccc2sc(S(=O)(=O)Cc3csc(-c4ccccn4)n3)nc2c1. The molecule has 3 aromatic heterocycles. The molecule has 0 fully saturated rings. The summed E-state index contributed by atoms with van der Waals surface area (Å²) >= 11 is 2.59. The standard InChI is InChI=1S/C17H13N3O2S3/c1-11-5-6-15-14(8-11)20-17(24-15)25(21,22)10-12-9-23-16(19-12)13-4-2-3-7-18-13/h2-9H,10H2,1H3. The van der Waals surface area contributed by atoms with Crippen LogP contribution in [0, 0.1) is 6.92 Å². The van der Waals surface area contributed by atoms with E-state index in [1.54, 1.807) is 11.6 Å². The molecule has 1 aromatic carbocycles. The molecule has 0 aliphatic heterocycles. The topological polar surface area (TPSA) is 72.8 Å². The third kappa shape index (κ3) is 3.33. The van der Waals surface area contributed by atoms with E-state index < -0.39 is 9.84 Å². The smallest absolute Gasteiger partial charge is 0.211 e. The molecule has 25 heavy (non-hydrogen) atoms. The van der Waals surface area contributed by atoms with Crippen molar-refractivity contribution in [2.75, 3.05) is 0 Å². The molecule has 0 aliphatic rings. The lowest BCUT2D eigenvalue weighted by atomic mass is 10.2. The maximum Gasteiger partial charge on any atom is 0.211 e. The number of aromatic nitrogens is 3. The van der Waals surface area contributed by atoms with E-state index in [4.69, 9.17) is 0 Å². The van der Waals surface area contributed by atoms with Crippen LogP contribution >= 0.6 is 22.7 Å². The summed E-state index contributed by atoms with van der Waals surface area (Å²) in [5.74, 6) is -0.158. The molecule has 5 nitrogen and oxygen atoms in total. The number of sulfone groups is 1. The van der Waals surface area contributed by atoms with Crippen molar-refractivity contribution in [2.45, 2.75) is 17.0 Å². The number of nitrogens with zero attached hydrogens (tertiary/aromatic N) is 3. The second-order valence-corrected chi connectivity index (χ2v) is 9.62. The summed E-state index contributed by atoms with van der Waals surface area (Å²) in [5, 5.41) is 2.48. The lowest BCUT2D eigenvalue weighted by Crippen LogP contribution is -2.04. The van der Waals surface area contributed by atoms with E-state index in [9.17, 15) is 8.42 Å². The summed E-state index contributed by atoms with van der Waals surface area (Å²) in [4.78, 5) is 13.0. The predicted octanol–water partition coefficient (Wildman–Crippen LogP) is 4.10. The van der Waals surface area contributed by atoms with Crippen molar-refractivity contribution in [1.29, 1.82) is 0 Å². The minimum Gasteiger partial charge on any atom is -0.254 e. The molecule has 0 spiro atoms. The maximum absolute atomic E-state index is 12.7. The third-order valence-corrected chi connectivity index (χ3v) is 7.62. The highest BCUT2D eigenvalue weighted by Crippen LogP contribution is 2.29.